The molecule has 0 unspecified atom stereocenters. The lowest BCUT2D eigenvalue weighted by molar-refractivity contribution is -0.116. The fraction of sp³-hybridized carbons (Fsp3) is 0.562. The largest absolute Gasteiger partial charge is 0.360 e. The maximum absolute atomic E-state index is 12.0. The number of nitrogens with one attached hydrogen (secondary N) is 1. The third-order valence-electron chi connectivity index (χ3n) is 3.57. The van der Waals surface area contributed by atoms with E-state index in [9.17, 15) is 4.79 Å². The number of rotatable bonds is 6. The average Bonchev–Trinajstić information content (AvgIpc) is 2.92. The van der Waals surface area contributed by atoms with Gasteiger partial charge < -0.3 is 9.84 Å². The van der Waals surface area contributed by atoms with Crippen LogP contribution in [0.3, 0.4) is 0 Å². The molecular formula is C16H24N4O2. The standard InChI is InChI=1S/C16H24N4O2/c1-10(2)9-20-13(5)14(12(4)18-20)6-7-16(21)17-15-8-11(3)22-19-15/h8,10H,6-7,9H2,1-5H3,(H,17,19,21). The summed E-state index contributed by atoms with van der Waals surface area (Å²) in [5.41, 5.74) is 3.31. The summed E-state index contributed by atoms with van der Waals surface area (Å²) in [4.78, 5) is 12.0. The molecule has 2 aromatic heterocycles. The summed E-state index contributed by atoms with van der Waals surface area (Å²) in [5.74, 6) is 1.62. The number of aryl methyl sites for hydroxylation is 2. The van der Waals surface area contributed by atoms with Crippen LogP contribution >= 0.6 is 0 Å². The molecule has 120 valence electrons. The molecule has 0 spiro atoms. The lowest BCUT2D eigenvalue weighted by Crippen LogP contribution is -2.13. The molecule has 2 aromatic rings. The molecule has 1 N–H and O–H groups in total. The van der Waals surface area contributed by atoms with Crippen molar-refractivity contribution in [3.63, 3.8) is 0 Å². The summed E-state index contributed by atoms with van der Waals surface area (Å²) in [6, 6.07) is 1.70. The van der Waals surface area contributed by atoms with Crippen molar-refractivity contribution in [1.82, 2.24) is 14.9 Å². The van der Waals surface area contributed by atoms with E-state index in [0.29, 0.717) is 30.3 Å². The van der Waals surface area contributed by atoms with Gasteiger partial charge >= 0.3 is 0 Å². The predicted molar refractivity (Wildman–Crippen MR) is 84.7 cm³/mol. The second kappa shape index (κ2) is 6.77. The van der Waals surface area contributed by atoms with Crippen molar-refractivity contribution in [2.45, 2.75) is 54.0 Å². The molecule has 2 heterocycles. The Morgan fingerprint density at radius 2 is 2.09 bits per heavy atom. The summed E-state index contributed by atoms with van der Waals surface area (Å²) < 4.78 is 6.96. The van der Waals surface area contributed by atoms with Crippen molar-refractivity contribution < 1.29 is 9.32 Å². The normalized spacial score (nSPS) is 11.2. The molecule has 6 nitrogen and oxygen atoms in total. The van der Waals surface area contributed by atoms with E-state index in [1.165, 1.54) is 0 Å². The van der Waals surface area contributed by atoms with Crippen molar-refractivity contribution in [3.8, 4) is 0 Å². The fourth-order valence-corrected chi connectivity index (χ4v) is 2.49. The Hall–Kier alpha value is -2.11. The first-order chi connectivity index (χ1) is 10.4. The first-order valence-corrected chi connectivity index (χ1v) is 7.63. The zero-order valence-electron chi connectivity index (χ0n) is 13.9. The van der Waals surface area contributed by atoms with E-state index in [1.807, 2.05) is 11.6 Å². The Bertz CT molecular complexity index is 655. The molecule has 0 radical (unpaired) electrons. The van der Waals surface area contributed by atoms with Crippen LogP contribution in [0, 0.1) is 26.7 Å². The third-order valence-corrected chi connectivity index (χ3v) is 3.57. The zero-order chi connectivity index (χ0) is 16.3. The van der Waals surface area contributed by atoms with Gasteiger partial charge in [-0.3, -0.25) is 9.48 Å². The van der Waals surface area contributed by atoms with Gasteiger partial charge in [-0.2, -0.15) is 5.10 Å². The molecule has 0 atom stereocenters. The van der Waals surface area contributed by atoms with Gasteiger partial charge in [0, 0.05) is 24.7 Å². The molecule has 0 aromatic carbocycles. The molecule has 6 heteroatoms. The van der Waals surface area contributed by atoms with Gasteiger partial charge in [0.2, 0.25) is 5.91 Å². The number of amides is 1. The van der Waals surface area contributed by atoms with E-state index in [0.717, 1.165) is 23.5 Å². The van der Waals surface area contributed by atoms with Crippen LogP contribution < -0.4 is 5.32 Å². The van der Waals surface area contributed by atoms with Gasteiger partial charge in [-0.15, -0.1) is 0 Å². The lowest BCUT2D eigenvalue weighted by Gasteiger charge is -2.08. The van der Waals surface area contributed by atoms with Crippen molar-refractivity contribution in [3.05, 3.63) is 28.8 Å². The van der Waals surface area contributed by atoms with Gasteiger partial charge in [0.15, 0.2) is 5.82 Å². The first-order valence-electron chi connectivity index (χ1n) is 7.63. The Kier molecular flexibility index (Phi) is 5.00. The van der Waals surface area contributed by atoms with Gasteiger partial charge in [0.25, 0.3) is 0 Å². The minimum Gasteiger partial charge on any atom is -0.360 e. The summed E-state index contributed by atoms with van der Waals surface area (Å²) in [7, 11) is 0. The topological polar surface area (TPSA) is 73.0 Å². The van der Waals surface area contributed by atoms with E-state index in [-0.39, 0.29) is 5.91 Å². The van der Waals surface area contributed by atoms with Crippen LogP contribution in [-0.2, 0) is 17.8 Å². The van der Waals surface area contributed by atoms with Crippen LogP contribution in [0.25, 0.3) is 0 Å². The number of anilines is 1. The average molecular weight is 304 g/mol. The van der Waals surface area contributed by atoms with Gasteiger partial charge in [-0.25, -0.2) is 0 Å². The summed E-state index contributed by atoms with van der Waals surface area (Å²) in [6.07, 6.45) is 1.08. The minimum atomic E-state index is -0.0660. The second-order valence-electron chi connectivity index (χ2n) is 6.10. The van der Waals surface area contributed by atoms with Crippen molar-refractivity contribution >= 4 is 11.7 Å². The Morgan fingerprint density at radius 1 is 1.36 bits per heavy atom. The monoisotopic (exact) mass is 304 g/mol. The van der Waals surface area contributed by atoms with E-state index >= 15 is 0 Å². The van der Waals surface area contributed by atoms with Crippen LogP contribution in [0.15, 0.2) is 10.6 Å². The molecule has 0 aliphatic carbocycles. The second-order valence-corrected chi connectivity index (χ2v) is 6.10. The van der Waals surface area contributed by atoms with E-state index in [4.69, 9.17) is 4.52 Å². The van der Waals surface area contributed by atoms with Gasteiger partial charge in [-0.1, -0.05) is 19.0 Å². The summed E-state index contributed by atoms with van der Waals surface area (Å²) >= 11 is 0. The molecule has 22 heavy (non-hydrogen) atoms. The minimum absolute atomic E-state index is 0.0660. The van der Waals surface area contributed by atoms with Gasteiger partial charge in [0.1, 0.15) is 5.76 Å². The van der Waals surface area contributed by atoms with Crippen molar-refractivity contribution in [2.75, 3.05) is 5.32 Å². The molecule has 0 saturated heterocycles. The van der Waals surface area contributed by atoms with E-state index < -0.39 is 0 Å². The highest BCUT2D eigenvalue weighted by Gasteiger charge is 2.14. The van der Waals surface area contributed by atoms with Crippen LogP contribution in [0.1, 0.15) is 43.0 Å². The van der Waals surface area contributed by atoms with Gasteiger partial charge in [-0.05, 0) is 38.7 Å². The van der Waals surface area contributed by atoms with Crippen LogP contribution in [-0.4, -0.2) is 20.8 Å². The third kappa shape index (κ3) is 3.96. The molecule has 0 aliphatic heterocycles. The molecule has 0 fully saturated rings. The maximum atomic E-state index is 12.0. The van der Waals surface area contributed by atoms with E-state index in [1.54, 1.807) is 13.0 Å². The molecule has 1 amide bonds. The number of hydrogen-bond donors (Lipinski definition) is 1. The fourth-order valence-electron chi connectivity index (χ4n) is 2.49. The number of carbonyl (C=O) groups is 1. The molecule has 0 saturated carbocycles. The quantitative estimate of drug-likeness (QED) is 0.890. The molecule has 0 aliphatic rings. The van der Waals surface area contributed by atoms with Crippen molar-refractivity contribution in [1.29, 1.82) is 0 Å². The Labute approximate surface area is 130 Å². The van der Waals surface area contributed by atoms with Crippen molar-refractivity contribution in [2.24, 2.45) is 5.92 Å². The molecule has 0 bridgehead atoms. The smallest absolute Gasteiger partial charge is 0.225 e. The summed E-state index contributed by atoms with van der Waals surface area (Å²) in [6.45, 7) is 11.1. The highest BCUT2D eigenvalue weighted by molar-refractivity contribution is 5.89. The van der Waals surface area contributed by atoms with E-state index in [2.05, 4.69) is 36.3 Å². The molecule has 2 rings (SSSR count). The lowest BCUT2D eigenvalue weighted by atomic mass is 10.1. The van der Waals surface area contributed by atoms with Crippen LogP contribution in [0.2, 0.25) is 0 Å². The molecular weight excluding hydrogens is 280 g/mol. The number of hydrogen-bond acceptors (Lipinski definition) is 4. The number of nitrogens with zero attached hydrogens (tertiary/aromatic N) is 3. The van der Waals surface area contributed by atoms with Crippen LogP contribution in [0.5, 0.6) is 0 Å². The SMILES string of the molecule is Cc1cc(NC(=O)CCc2c(C)nn(CC(C)C)c2C)no1. The highest BCUT2D eigenvalue weighted by atomic mass is 16.5. The number of aromatic nitrogens is 3. The van der Waals surface area contributed by atoms with Crippen LogP contribution in [0.4, 0.5) is 5.82 Å². The first kappa shape index (κ1) is 16.3. The zero-order valence-corrected chi connectivity index (χ0v) is 13.9. The summed E-state index contributed by atoms with van der Waals surface area (Å²) in [5, 5.41) is 11.1. The highest BCUT2D eigenvalue weighted by Crippen LogP contribution is 2.17. The number of carbonyl (C=O) groups excluding carboxylic acids is 1. The Balaban J connectivity index is 1.96. The predicted octanol–water partition coefficient (Wildman–Crippen LogP) is 3.02. The maximum Gasteiger partial charge on any atom is 0.225 e. The van der Waals surface area contributed by atoms with Gasteiger partial charge in [0.05, 0.1) is 5.69 Å². The Morgan fingerprint density at radius 3 is 2.68 bits per heavy atom.